The topological polar surface area (TPSA) is 50.1 Å². The fraction of sp³-hybridized carbons (Fsp3) is 0.417. The van der Waals surface area contributed by atoms with Gasteiger partial charge >= 0.3 is 0 Å². The second-order valence-electron chi connectivity index (χ2n) is 3.86. The molecule has 92 valence electrons. The molecule has 0 fully saturated rings. The molecule has 0 aliphatic rings. The zero-order valence-corrected chi connectivity index (χ0v) is 10.4. The van der Waals surface area contributed by atoms with Crippen molar-refractivity contribution in [3.8, 4) is 0 Å². The quantitative estimate of drug-likeness (QED) is 0.736. The number of aliphatic hydroxyl groups is 1. The van der Waals surface area contributed by atoms with Crippen molar-refractivity contribution < 1.29 is 5.11 Å². The van der Waals surface area contributed by atoms with Crippen molar-refractivity contribution in [2.75, 3.05) is 13.1 Å². The van der Waals surface area contributed by atoms with Crippen molar-refractivity contribution in [3.05, 3.63) is 40.8 Å². The van der Waals surface area contributed by atoms with E-state index in [0.717, 1.165) is 24.4 Å². The third-order valence-corrected chi connectivity index (χ3v) is 3.48. The summed E-state index contributed by atoms with van der Waals surface area (Å²) in [6.45, 7) is 2.41. The molecule has 0 aliphatic heterocycles. The molecular formula is C12H17N3OS. The predicted molar refractivity (Wildman–Crippen MR) is 69.0 cm³/mol. The Morgan fingerprint density at radius 1 is 1.47 bits per heavy atom. The minimum Gasteiger partial charge on any atom is -0.386 e. The van der Waals surface area contributed by atoms with Gasteiger partial charge in [-0.2, -0.15) is 5.10 Å². The third kappa shape index (κ3) is 3.96. The Labute approximate surface area is 105 Å². The van der Waals surface area contributed by atoms with Crippen LogP contribution in [0.3, 0.4) is 0 Å². The van der Waals surface area contributed by atoms with Crippen LogP contribution in [0.1, 0.15) is 17.4 Å². The summed E-state index contributed by atoms with van der Waals surface area (Å²) in [5.41, 5.74) is 0. The lowest BCUT2D eigenvalue weighted by atomic mass is 10.3. The number of aromatic nitrogens is 2. The van der Waals surface area contributed by atoms with Crippen LogP contribution in [0.25, 0.3) is 0 Å². The molecule has 0 saturated heterocycles. The van der Waals surface area contributed by atoms with Crippen LogP contribution in [0.5, 0.6) is 0 Å². The average molecular weight is 251 g/mol. The first-order valence-corrected chi connectivity index (χ1v) is 6.64. The molecule has 0 saturated carbocycles. The van der Waals surface area contributed by atoms with Crippen LogP contribution in [0.2, 0.25) is 0 Å². The van der Waals surface area contributed by atoms with Crippen LogP contribution in [0.15, 0.2) is 36.0 Å². The lowest BCUT2D eigenvalue weighted by molar-refractivity contribution is 0.178. The molecule has 0 bridgehead atoms. The maximum atomic E-state index is 9.82. The molecule has 2 aromatic rings. The number of nitrogens with zero attached hydrogens (tertiary/aromatic N) is 2. The molecule has 17 heavy (non-hydrogen) atoms. The van der Waals surface area contributed by atoms with E-state index in [-0.39, 0.29) is 6.10 Å². The summed E-state index contributed by atoms with van der Waals surface area (Å²) >= 11 is 1.59. The first kappa shape index (κ1) is 12.3. The number of hydrogen-bond donors (Lipinski definition) is 2. The lowest BCUT2D eigenvalue weighted by Gasteiger charge is -2.09. The highest BCUT2D eigenvalue weighted by atomic mass is 32.1. The molecule has 2 N–H and O–H groups in total. The smallest absolute Gasteiger partial charge is 0.101 e. The van der Waals surface area contributed by atoms with Gasteiger partial charge in [-0.3, -0.25) is 4.68 Å². The van der Waals surface area contributed by atoms with Gasteiger partial charge in [0.1, 0.15) is 6.10 Å². The van der Waals surface area contributed by atoms with Crippen molar-refractivity contribution in [1.82, 2.24) is 15.1 Å². The SMILES string of the molecule is OC(CNCCCn1cccn1)c1cccs1. The van der Waals surface area contributed by atoms with Crippen LogP contribution in [-0.2, 0) is 6.54 Å². The molecule has 0 spiro atoms. The Morgan fingerprint density at radius 3 is 3.12 bits per heavy atom. The van der Waals surface area contributed by atoms with Crippen molar-refractivity contribution in [3.63, 3.8) is 0 Å². The van der Waals surface area contributed by atoms with Crippen LogP contribution < -0.4 is 5.32 Å². The summed E-state index contributed by atoms with van der Waals surface area (Å²) < 4.78 is 1.91. The van der Waals surface area contributed by atoms with Crippen LogP contribution in [0.4, 0.5) is 0 Å². The number of aryl methyl sites for hydroxylation is 1. The molecule has 0 aromatic carbocycles. The number of thiophene rings is 1. The van der Waals surface area contributed by atoms with Crippen molar-refractivity contribution in [2.45, 2.75) is 19.1 Å². The highest BCUT2D eigenvalue weighted by Crippen LogP contribution is 2.17. The Kier molecular flexibility index (Phi) is 4.73. The summed E-state index contributed by atoms with van der Waals surface area (Å²) in [5.74, 6) is 0. The molecule has 1 atom stereocenters. The molecule has 5 heteroatoms. The summed E-state index contributed by atoms with van der Waals surface area (Å²) in [4.78, 5) is 1.02. The Balaban J connectivity index is 1.57. The number of aliphatic hydroxyl groups excluding tert-OH is 1. The van der Waals surface area contributed by atoms with E-state index in [0.29, 0.717) is 6.54 Å². The van der Waals surface area contributed by atoms with Gasteiger partial charge in [0.05, 0.1) is 0 Å². The average Bonchev–Trinajstić information content (AvgIpc) is 3.01. The van der Waals surface area contributed by atoms with Gasteiger partial charge in [0.2, 0.25) is 0 Å². The molecule has 0 aliphatic carbocycles. The van der Waals surface area contributed by atoms with Gasteiger partial charge < -0.3 is 10.4 Å². The van der Waals surface area contributed by atoms with Crippen LogP contribution in [0, 0.1) is 0 Å². The maximum absolute atomic E-state index is 9.82. The van der Waals surface area contributed by atoms with Gasteiger partial charge in [-0.15, -0.1) is 11.3 Å². The first-order valence-electron chi connectivity index (χ1n) is 5.76. The molecular weight excluding hydrogens is 234 g/mol. The molecule has 2 heterocycles. The minimum atomic E-state index is -0.389. The van der Waals surface area contributed by atoms with E-state index >= 15 is 0 Å². The van der Waals surface area contributed by atoms with Gasteiger partial charge in [-0.1, -0.05) is 6.07 Å². The standard InChI is InChI=1S/C12H17N3OS/c16-11(12-4-1-9-17-12)10-13-5-2-7-15-8-3-6-14-15/h1,3-4,6,8-9,11,13,16H,2,5,7,10H2. The molecule has 2 aromatic heterocycles. The van der Waals surface area contributed by atoms with E-state index in [9.17, 15) is 5.11 Å². The monoisotopic (exact) mass is 251 g/mol. The summed E-state index contributed by atoms with van der Waals surface area (Å²) in [6.07, 6.45) is 4.37. The lowest BCUT2D eigenvalue weighted by Crippen LogP contribution is -2.23. The Hall–Kier alpha value is -1.17. The summed E-state index contributed by atoms with van der Waals surface area (Å²) in [7, 11) is 0. The predicted octanol–water partition coefficient (Wildman–Crippen LogP) is 1.66. The molecule has 0 amide bonds. The fourth-order valence-electron chi connectivity index (χ4n) is 1.62. The van der Waals surface area contributed by atoms with Gasteiger partial charge in [0, 0.05) is 30.4 Å². The van der Waals surface area contributed by atoms with Gasteiger partial charge in [-0.25, -0.2) is 0 Å². The van der Waals surface area contributed by atoms with Gasteiger partial charge in [0.15, 0.2) is 0 Å². The van der Waals surface area contributed by atoms with E-state index in [4.69, 9.17) is 0 Å². The van der Waals surface area contributed by atoms with E-state index in [2.05, 4.69) is 10.4 Å². The van der Waals surface area contributed by atoms with Gasteiger partial charge in [0.25, 0.3) is 0 Å². The van der Waals surface area contributed by atoms with E-state index in [1.54, 1.807) is 17.5 Å². The van der Waals surface area contributed by atoms with Crippen molar-refractivity contribution in [1.29, 1.82) is 0 Å². The maximum Gasteiger partial charge on any atom is 0.101 e. The second kappa shape index (κ2) is 6.54. The largest absolute Gasteiger partial charge is 0.386 e. The van der Waals surface area contributed by atoms with Crippen molar-refractivity contribution in [2.24, 2.45) is 0 Å². The number of rotatable bonds is 7. The fourth-order valence-corrected chi connectivity index (χ4v) is 2.33. The van der Waals surface area contributed by atoms with Crippen LogP contribution in [-0.4, -0.2) is 28.0 Å². The molecule has 0 radical (unpaired) electrons. The molecule has 2 rings (SSSR count). The number of hydrogen-bond acceptors (Lipinski definition) is 4. The molecule has 1 unspecified atom stereocenters. The van der Waals surface area contributed by atoms with E-state index < -0.39 is 0 Å². The number of nitrogens with one attached hydrogen (secondary N) is 1. The third-order valence-electron chi connectivity index (χ3n) is 2.51. The first-order chi connectivity index (χ1) is 8.36. The highest BCUT2D eigenvalue weighted by molar-refractivity contribution is 7.10. The summed E-state index contributed by atoms with van der Waals surface area (Å²) in [5, 5.41) is 19.2. The van der Waals surface area contributed by atoms with Gasteiger partial charge in [-0.05, 0) is 30.5 Å². The zero-order chi connectivity index (χ0) is 11.9. The van der Waals surface area contributed by atoms with E-state index in [1.807, 2.05) is 34.5 Å². The van der Waals surface area contributed by atoms with E-state index in [1.165, 1.54) is 0 Å². The van der Waals surface area contributed by atoms with Crippen LogP contribution >= 0.6 is 11.3 Å². The molecule has 4 nitrogen and oxygen atoms in total. The normalized spacial score (nSPS) is 12.8. The second-order valence-corrected chi connectivity index (χ2v) is 4.84. The zero-order valence-electron chi connectivity index (χ0n) is 9.62. The Bertz CT molecular complexity index is 399. The van der Waals surface area contributed by atoms with Crippen molar-refractivity contribution >= 4 is 11.3 Å². The Morgan fingerprint density at radius 2 is 2.41 bits per heavy atom. The minimum absolute atomic E-state index is 0.389. The summed E-state index contributed by atoms with van der Waals surface area (Å²) in [6, 6.07) is 5.84. The highest BCUT2D eigenvalue weighted by Gasteiger charge is 2.06.